The standard InChI is InChI=1S/C14H20N2O3S/c1-2-16(13-6-4-3-5-7-13)14(17)15-10-12-8-9-20(18,19)11-12/h3-7,12H,2,8-11H2,1H3,(H,15,17). The lowest BCUT2D eigenvalue weighted by Gasteiger charge is -2.22. The molecule has 1 unspecified atom stereocenters. The number of urea groups is 1. The number of para-hydroxylation sites is 1. The first-order valence-corrected chi connectivity index (χ1v) is 8.65. The van der Waals surface area contributed by atoms with Crippen molar-refractivity contribution in [2.75, 3.05) is 29.5 Å². The van der Waals surface area contributed by atoms with Gasteiger partial charge in [-0.25, -0.2) is 13.2 Å². The van der Waals surface area contributed by atoms with E-state index >= 15 is 0 Å². The molecule has 0 spiro atoms. The molecule has 1 fully saturated rings. The highest BCUT2D eigenvalue weighted by Crippen LogP contribution is 2.18. The second kappa shape index (κ2) is 6.26. The van der Waals surface area contributed by atoms with Crippen molar-refractivity contribution in [1.82, 2.24) is 5.32 Å². The molecule has 1 aromatic rings. The highest BCUT2D eigenvalue weighted by molar-refractivity contribution is 7.91. The maximum atomic E-state index is 12.2. The molecule has 0 bridgehead atoms. The third-order valence-electron chi connectivity index (χ3n) is 3.50. The molecule has 1 aliphatic heterocycles. The van der Waals surface area contributed by atoms with Gasteiger partial charge >= 0.3 is 6.03 Å². The van der Waals surface area contributed by atoms with Gasteiger partial charge in [-0.05, 0) is 31.4 Å². The van der Waals surface area contributed by atoms with Crippen LogP contribution in [0, 0.1) is 5.92 Å². The fourth-order valence-electron chi connectivity index (χ4n) is 2.41. The number of anilines is 1. The SMILES string of the molecule is CCN(C(=O)NCC1CCS(=O)(=O)C1)c1ccccc1. The van der Waals surface area contributed by atoms with E-state index in [1.54, 1.807) is 4.90 Å². The predicted molar refractivity (Wildman–Crippen MR) is 79.6 cm³/mol. The Morgan fingerprint density at radius 3 is 2.60 bits per heavy atom. The number of nitrogens with one attached hydrogen (secondary N) is 1. The summed E-state index contributed by atoms with van der Waals surface area (Å²) >= 11 is 0. The topological polar surface area (TPSA) is 66.5 Å². The third kappa shape index (κ3) is 3.72. The van der Waals surface area contributed by atoms with Crippen LogP contribution in [0.25, 0.3) is 0 Å². The molecule has 0 radical (unpaired) electrons. The monoisotopic (exact) mass is 296 g/mol. The van der Waals surface area contributed by atoms with Crippen LogP contribution in [0.15, 0.2) is 30.3 Å². The number of benzene rings is 1. The van der Waals surface area contributed by atoms with Crippen molar-refractivity contribution in [2.24, 2.45) is 5.92 Å². The van der Waals surface area contributed by atoms with Gasteiger partial charge in [0.25, 0.3) is 0 Å². The van der Waals surface area contributed by atoms with Crippen molar-refractivity contribution in [1.29, 1.82) is 0 Å². The van der Waals surface area contributed by atoms with Crippen molar-refractivity contribution in [3.63, 3.8) is 0 Å². The second-order valence-electron chi connectivity index (χ2n) is 5.03. The molecule has 20 heavy (non-hydrogen) atoms. The zero-order valence-electron chi connectivity index (χ0n) is 11.6. The maximum Gasteiger partial charge on any atom is 0.321 e. The fourth-order valence-corrected chi connectivity index (χ4v) is 4.27. The zero-order chi connectivity index (χ0) is 14.6. The molecule has 1 atom stereocenters. The van der Waals surface area contributed by atoms with Gasteiger partial charge in [0.2, 0.25) is 0 Å². The number of nitrogens with zero attached hydrogens (tertiary/aromatic N) is 1. The number of sulfone groups is 1. The van der Waals surface area contributed by atoms with Crippen LogP contribution in [-0.2, 0) is 9.84 Å². The lowest BCUT2D eigenvalue weighted by Crippen LogP contribution is -2.42. The Labute approximate surface area is 119 Å². The van der Waals surface area contributed by atoms with E-state index in [9.17, 15) is 13.2 Å². The molecule has 0 saturated carbocycles. The van der Waals surface area contributed by atoms with Gasteiger partial charge in [-0.2, -0.15) is 0 Å². The summed E-state index contributed by atoms with van der Waals surface area (Å²) < 4.78 is 22.7. The predicted octanol–water partition coefficient (Wildman–Crippen LogP) is 1.66. The molecular formula is C14H20N2O3S. The van der Waals surface area contributed by atoms with Gasteiger partial charge in [0, 0.05) is 18.8 Å². The van der Waals surface area contributed by atoms with Crippen molar-refractivity contribution >= 4 is 21.6 Å². The molecule has 0 aromatic heterocycles. The summed E-state index contributed by atoms with van der Waals surface area (Å²) in [5.74, 6) is 0.465. The van der Waals surface area contributed by atoms with Crippen molar-refractivity contribution < 1.29 is 13.2 Å². The van der Waals surface area contributed by atoms with E-state index < -0.39 is 9.84 Å². The van der Waals surface area contributed by atoms with E-state index in [4.69, 9.17) is 0 Å². The van der Waals surface area contributed by atoms with Gasteiger partial charge in [0.1, 0.15) is 0 Å². The van der Waals surface area contributed by atoms with Crippen molar-refractivity contribution in [2.45, 2.75) is 13.3 Å². The first-order chi connectivity index (χ1) is 9.52. The van der Waals surface area contributed by atoms with Crippen LogP contribution in [0.3, 0.4) is 0 Å². The normalized spacial score (nSPS) is 20.6. The Bertz CT molecular complexity index is 557. The molecule has 6 heteroatoms. The van der Waals surface area contributed by atoms with E-state index in [1.165, 1.54) is 0 Å². The summed E-state index contributed by atoms with van der Waals surface area (Å²) in [4.78, 5) is 13.8. The molecule has 1 heterocycles. The Kier molecular flexibility index (Phi) is 4.65. The summed E-state index contributed by atoms with van der Waals surface area (Å²) in [7, 11) is -2.89. The largest absolute Gasteiger partial charge is 0.337 e. The molecule has 0 aliphatic carbocycles. The van der Waals surface area contributed by atoms with E-state index in [0.29, 0.717) is 19.5 Å². The van der Waals surface area contributed by atoms with Crippen LogP contribution in [0.5, 0.6) is 0 Å². The van der Waals surface area contributed by atoms with Gasteiger partial charge in [0.05, 0.1) is 11.5 Å². The molecule has 5 nitrogen and oxygen atoms in total. The van der Waals surface area contributed by atoms with Gasteiger partial charge < -0.3 is 5.32 Å². The average molecular weight is 296 g/mol. The number of hydrogen-bond donors (Lipinski definition) is 1. The summed E-state index contributed by atoms with van der Waals surface area (Å²) in [5.41, 5.74) is 0.839. The van der Waals surface area contributed by atoms with E-state index in [2.05, 4.69) is 5.32 Å². The number of hydrogen-bond acceptors (Lipinski definition) is 3. The van der Waals surface area contributed by atoms with Crippen LogP contribution < -0.4 is 10.2 Å². The number of rotatable bonds is 4. The smallest absolute Gasteiger partial charge is 0.321 e. The Morgan fingerprint density at radius 2 is 2.05 bits per heavy atom. The summed E-state index contributed by atoms with van der Waals surface area (Å²) in [6.45, 7) is 2.90. The lowest BCUT2D eigenvalue weighted by atomic mass is 10.1. The highest BCUT2D eigenvalue weighted by atomic mass is 32.2. The summed E-state index contributed by atoms with van der Waals surface area (Å²) in [6.07, 6.45) is 0.639. The van der Waals surface area contributed by atoms with Crippen LogP contribution >= 0.6 is 0 Å². The van der Waals surface area contributed by atoms with Gasteiger partial charge in [-0.3, -0.25) is 4.90 Å². The van der Waals surface area contributed by atoms with E-state index in [-0.39, 0.29) is 23.5 Å². The summed E-state index contributed by atoms with van der Waals surface area (Å²) in [5, 5.41) is 2.83. The van der Waals surface area contributed by atoms with Crippen LogP contribution in [0.2, 0.25) is 0 Å². The maximum absolute atomic E-state index is 12.2. The molecule has 1 saturated heterocycles. The zero-order valence-corrected chi connectivity index (χ0v) is 12.4. The number of amides is 2. The molecule has 2 amide bonds. The van der Waals surface area contributed by atoms with Crippen LogP contribution in [-0.4, -0.2) is 39.0 Å². The van der Waals surface area contributed by atoms with E-state index in [1.807, 2.05) is 37.3 Å². The van der Waals surface area contributed by atoms with E-state index in [0.717, 1.165) is 5.69 Å². The second-order valence-corrected chi connectivity index (χ2v) is 7.26. The molecule has 1 aliphatic rings. The Balaban J connectivity index is 1.91. The Morgan fingerprint density at radius 1 is 1.35 bits per heavy atom. The summed E-state index contributed by atoms with van der Waals surface area (Å²) in [6, 6.07) is 9.25. The van der Waals surface area contributed by atoms with Gasteiger partial charge in [-0.1, -0.05) is 18.2 Å². The minimum absolute atomic E-state index is 0.0402. The minimum atomic E-state index is -2.89. The molecular weight excluding hydrogens is 276 g/mol. The first kappa shape index (κ1) is 14.8. The van der Waals surface area contributed by atoms with Gasteiger partial charge in [-0.15, -0.1) is 0 Å². The first-order valence-electron chi connectivity index (χ1n) is 6.82. The molecule has 1 aromatic carbocycles. The van der Waals surface area contributed by atoms with Crippen molar-refractivity contribution in [3.8, 4) is 0 Å². The molecule has 110 valence electrons. The number of carbonyl (C=O) groups excluding carboxylic acids is 1. The lowest BCUT2D eigenvalue weighted by molar-refractivity contribution is 0.245. The van der Waals surface area contributed by atoms with Crippen molar-refractivity contribution in [3.05, 3.63) is 30.3 Å². The quantitative estimate of drug-likeness (QED) is 0.919. The average Bonchev–Trinajstić information content (AvgIpc) is 2.78. The van der Waals surface area contributed by atoms with Gasteiger partial charge in [0.15, 0.2) is 9.84 Å². The Hall–Kier alpha value is -1.56. The van der Waals surface area contributed by atoms with Crippen LogP contribution in [0.1, 0.15) is 13.3 Å². The number of carbonyl (C=O) groups is 1. The van der Waals surface area contributed by atoms with Crippen LogP contribution in [0.4, 0.5) is 10.5 Å². The fraction of sp³-hybridized carbons (Fsp3) is 0.500. The molecule has 2 rings (SSSR count). The third-order valence-corrected chi connectivity index (χ3v) is 5.33. The minimum Gasteiger partial charge on any atom is -0.337 e. The highest BCUT2D eigenvalue weighted by Gasteiger charge is 2.28. The molecule has 1 N–H and O–H groups in total.